The van der Waals surface area contributed by atoms with Gasteiger partial charge in [0.2, 0.25) is 0 Å². The summed E-state index contributed by atoms with van der Waals surface area (Å²) in [4.78, 5) is 21.9. The SMILES string of the molecule is CC(C)c1cnc(N2CCC3(CC2)Cc2ccccc2[C@H]3N)c(=O)[nH]1. The number of H-pyrrole nitrogens is 1. The van der Waals surface area contributed by atoms with Crippen LogP contribution in [0.3, 0.4) is 0 Å². The fourth-order valence-electron chi connectivity index (χ4n) is 4.40. The standard InChI is InChI=1S/C20H26N4O/c1-13(2)16-12-22-18(19(25)23-16)24-9-7-20(8-10-24)11-14-5-3-4-6-15(14)17(20)21/h3-6,12-13,17H,7-11,21H2,1-2H3,(H,23,25)/t17-/m1/s1. The van der Waals surface area contributed by atoms with Crippen molar-refractivity contribution in [3.8, 4) is 0 Å². The second kappa shape index (κ2) is 5.99. The summed E-state index contributed by atoms with van der Waals surface area (Å²) in [6.45, 7) is 5.77. The minimum atomic E-state index is -0.0823. The van der Waals surface area contributed by atoms with Gasteiger partial charge in [0, 0.05) is 31.0 Å². The van der Waals surface area contributed by atoms with E-state index in [1.807, 2.05) is 0 Å². The largest absolute Gasteiger partial charge is 0.352 e. The van der Waals surface area contributed by atoms with Crippen molar-refractivity contribution in [3.63, 3.8) is 0 Å². The maximum atomic E-state index is 12.4. The zero-order valence-corrected chi connectivity index (χ0v) is 15.0. The Morgan fingerprint density at radius 1 is 1.28 bits per heavy atom. The molecule has 0 unspecified atom stereocenters. The lowest BCUT2D eigenvalue weighted by Crippen LogP contribution is -2.46. The maximum absolute atomic E-state index is 12.4. The molecule has 2 heterocycles. The first kappa shape index (κ1) is 16.3. The van der Waals surface area contributed by atoms with Crippen molar-refractivity contribution in [2.24, 2.45) is 11.1 Å². The van der Waals surface area contributed by atoms with Gasteiger partial charge in [0.15, 0.2) is 5.82 Å². The Hall–Kier alpha value is -2.14. The molecule has 0 bridgehead atoms. The molecule has 1 aromatic heterocycles. The molecule has 0 saturated carbocycles. The number of piperidine rings is 1. The number of fused-ring (bicyclic) bond motifs is 1. The van der Waals surface area contributed by atoms with Gasteiger partial charge in [0.1, 0.15) is 0 Å². The number of nitrogens with one attached hydrogen (secondary N) is 1. The molecule has 2 aliphatic rings. The number of aromatic amines is 1. The highest BCUT2D eigenvalue weighted by Crippen LogP contribution is 2.50. The first-order chi connectivity index (χ1) is 12.0. The lowest BCUT2D eigenvalue weighted by molar-refractivity contribution is 0.187. The fraction of sp³-hybridized carbons (Fsp3) is 0.500. The van der Waals surface area contributed by atoms with Crippen molar-refractivity contribution in [1.82, 2.24) is 9.97 Å². The van der Waals surface area contributed by atoms with Crippen LogP contribution in [-0.4, -0.2) is 23.1 Å². The van der Waals surface area contributed by atoms with Crippen LogP contribution in [0.15, 0.2) is 35.3 Å². The van der Waals surface area contributed by atoms with Gasteiger partial charge in [0.25, 0.3) is 5.56 Å². The van der Waals surface area contributed by atoms with Gasteiger partial charge >= 0.3 is 0 Å². The molecule has 132 valence electrons. The number of aromatic nitrogens is 2. The molecule has 1 saturated heterocycles. The van der Waals surface area contributed by atoms with Crippen molar-refractivity contribution < 1.29 is 0 Å². The molecule has 5 heteroatoms. The lowest BCUT2D eigenvalue weighted by atomic mass is 9.73. The van der Waals surface area contributed by atoms with Crippen LogP contribution in [0.4, 0.5) is 5.82 Å². The zero-order chi connectivity index (χ0) is 17.6. The summed E-state index contributed by atoms with van der Waals surface area (Å²) >= 11 is 0. The smallest absolute Gasteiger partial charge is 0.291 e. The zero-order valence-electron chi connectivity index (χ0n) is 15.0. The molecule has 25 heavy (non-hydrogen) atoms. The van der Waals surface area contributed by atoms with E-state index in [4.69, 9.17) is 5.73 Å². The van der Waals surface area contributed by atoms with Crippen molar-refractivity contribution in [3.05, 3.63) is 57.6 Å². The van der Waals surface area contributed by atoms with Gasteiger partial charge in [-0.25, -0.2) is 4.98 Å². The predicted octanol–water partition coefficient (Wildman–Crippen LogP) is 2.74. The van der Waals surface area contributed by atoms with E-state index >= 15 is 0 Å². The molecular formula is C20H26N4O. The second-order valence-corrected chi connectivity index (χ2v) is 7.85. The first-order valence-electron chi connectivity index (χ1n) is 9.18. The lowest BCUT2D eigenvalue weighted by Gasteiger charge is -2.42. The summed E-state index contributed by atoms with van der Waals surface area (Å²) in [7, 11) is 0. The number of nitrogens with two attached hydrogens (primary N) is 1. The Morgan fingerprint density at radius 3 is 2.64 bits per heavy atom. The Morgan fingerprint density at radius 2 is 2.00 bits per heavy atom. The van der Waals surface area contributed by atoms with E-state index in [1.54, 1.807) is 6.20 Å². The van der Waals surface area contributed by atoms with Crippen molar-refractivity contribution in [2.75, 3.05) is 18.0 Å². The molecular weight excluding hydrogens is 312 g/mol. The van der Waals surface area contributed by atoms with Gasteiger partial charge in [-0.2, -0.15) is 0 Å². The fourth-order valence-corrected chi connectivity index (χ4v) is 4.40. The number of rotatable bonds is 2. The summed E-state index contributed by atoms with van der Waals surface area (Å²) in [6.07, 6.45) is 4.84. The topological polar surface area (TPSA) is 75.0 Å². The molecule has 1 aromatic carbocycles. The van der Waals surface area contributed by atoms with Gasteiger partial charge in [-0.05, 0) is 41.7 Å². The molecule has 4 rings (SSSR count). The highest BCUT2D eigenvalue weighted by atomic mass is 16.1. The Kier molecular flexibility index (Phi) is 3.91. The molecule has 1 atom stereocenters. The summed E-state index contributed by atoms with van der Waals surface area (Å²) < 4.78 is 0. The predicted molar refractivity (Wildman–Crippen MR) is 99.9 cm³/mol. The van der Waals surface area contributed by atoms with Crippen LogP contribution in [0, 0.1) is 5.41 Å². The van der Waals surface area contributed by atoms with Crippen LogP contribution in [0.5, 0.6) is 0 Å². The maximum Gasteiger partial charge on any atom is 0.291 e. The summed E-state index contributed by atoms with van der Waals surface area (Å²) in [5, 5.41) is 0. The van der Waals surface area contributed by atoms with Crippen molar-refractivity contribution in [1.29, 1.82) is 0 Å². The molecule has 1 aliphatic carbocycles. The van der Waals surface area contributed by atoms with E-state index < -0.39 is 0 Å². The quantitative estimate of drug-likeness (QED) is 0.883. The number of nitrogens with zero attached hydrogens (tertiary/aromatic N) is 2. The van der Waals surface area contributed by atoms with E-state index in [1.165, 1.54) is 11.1 Å². The summed E-state index contributed by atoms with van der Waals surface area (Å²) in [6, 6.07) is 8.64. The Balaban J connectivity index is 1.52. The molecule has 1 fully saturated rings. The molecule has 1 aliphatic heterocycles. The first-order valence-corrected chi connectivity index (χ1v) is 9.18. The molecule has 2 aromatic rings. The highest BCUT2D eigenvalue weighted by Gasteiger charge is 2.46. The molecule has 0 radical (unpaired) electrons. The van der Waals surface area contributed by atoms with Crippen molar-refractivity contribution >= 4 is 5.82 Å². The third kappa shape index (κ3) is 2.67. The monoisotopic (exact) mass is 338 g/mol. The van der Waals surface area contributed by atoms with Crippen LogP contribution in [-0.2, 0) is 6.42 Å². The van der Waals surface area contributed by atoms with Gasteiger partial charge in [0.05, 0.1) is 0 Å². The average Bonchev–Trinajstić information content (AvgIpc) is 2.88. The average molecular weight is 338 g/mol. The molecule has 0 amide bonds. The molecule has 5 nitrogen and oxygen atoms in total. The number of benzene rings is 1. The van der Waals surface area contributed by atoms with Crippen LogP contribution in [0.2, 0.25) is 0 Å². The third-order valence-corrected chi connectivity index (χ3v) is 6.06. The third-order valence-electron chi connectivity index (χ3n) is 6.06. The van der Waals surface area contributed by atoms with E-state index in [0.717, 1.165) is 38.0 Å². The summed E-state index contributed by atoms with van der Waals surface area (Å²) in [5.41, 5.74) is 10.2. The van der Waals surface area contributed by atoms with Gasteiger partial charge in [-0.1, -0.05) is 38.1 Å². The number of hydrogen-bond acceptors (Lipinski definition) is 4. The van der Waals surface area contributed by atoms with Gasteiger partial charge < -0.3 is 15.6 Å². The summed E-state index contributed by atoms with van der Waals surface area (Å²) in [5.74, 6) is 0.817. The molecule has 1 spiro atoms. The van der Waals surface area contributed by atoms with Crippen molar-refractivity contribution in [2.45, 2.75) is 45.1 Å². The molecule has 3 N–H and O–H groups in total. The number of anilines is 1. The van der Waals surface area contributed by atoms with Crippen LogP contribution in [0.25, 0.3) is 0 Å². The highest BCUT2D eigenvalue weighted by molar-refractivity contribution is 5.41. The second-order valence-electron chi connectivity index (χ2n) is 7.85. The Bertz CT molecular complexity index is 834. The van der Waals surface area contributed by atoms with Crippen LogP contribution < -0.4 is 16.2 Å². The van der Waals surface area contributed by atoms with Crippen LogP contribution in [0.1, 0.15) is 55.5 Å². The normalized spacial score (nSPS) is 21.8. The minimum Gasteiger partial charge on any atom is -0.352 e. The van der Waals surface area contributed by atoms with E-state index in [-0.39, 0.29) is 22.9 Å². The van der Waals surface area contributed by atoms with E-state index in [9.17, 15) is 4.79 Å². The number of hydrogen-bond donors (Lipinski definition) is 2. The van der Waals surface area contributed by atoms with E-state index in [0.29, 0.717) is 5.82 Å². The Labute approximate surface area is 148 Å². The van der Waals surface area contributed by atoms with Gasteiger partial charge in [-0.15, -0.1) is 0 Å². The minimum absolute atomic E-state index is 0.0823. The van der Waals surface area contributed by atoms with E-state index in [2.05, 4.69) is 53.0 Å². The van der Waals surface area contributed by atoms with Gasteiger partial charge in [-0.3, -0.25) is 4.79 Å². The van der Waals surface area contributed by atoms with Crippen LogP contribution >= 0.6 is 0 Å².